The Morgan fingerprint density at radius 3 is 1.97 bits per heavy atom. The molecule has 2 nitrogen and oxygen atoms in total. The van der Waals surface area contributed by atoms with Gasteiger partial charge in [-0.25, -0.2) is 0 Å². The Morgan fingerprint density at radius 2 is 1.13 bits per heavy atom. The Morgan fingerprint density at radius 1 is 0.447 bits per heavy atom. The monoisotopic (exact) mass is 487 g/mol. The Bertz CT molecular complexity index is 1900. The SMILES string of the molecule is c1ccc(-c2ccc(-c3cccc(Nc4ccccc4-c4ccc5occc5c4)c3)c3ccccc23)cc1. The number of hydrogen-bond donors (Lipinski definition) is 1. The number of furan rings is 1. The summed E-state index contributed by atoms with van der Waals surface area (Å²) in [5, 5.41) is 7.30. The number of para-hydroxylation sites is 1. The molecule has 0 aliphatic rings. The van der Waals surface area contributed by atoms with Crippen molar-refractivity contribution in [1.29, 1.82) is 0 Å². The molecule has 6 aromatic carbocycles. The van der Waals surface area contributed by atoms with Gasteiger partial charge in [-0.1, -0.05) is 103 Å². The highest BCUT2D eigenvalue weighted by Gasteiger charge is 2.11. The van der Waals surface area contributed by atoms with Gasteiger partial charge in [0.2, 0.25) is 0 Å². The van der Waals surface area contributed by atoms with Crippen LogP contribution in [0.5, 0.6) is 0 Å². The summed E-state index contributed by atoms with van der Waals surface area (Å²) in [5.74, 6) is 0. The van der Waals surface area contributed by atoms with Crippen LogP contribution in [0.2, 0.25) is 0 Å². The van der Waals surface area contributed by atoms with Gasteiger partial charge in [0.1, 0.15) is 5.58 Å². The minimum absolute atomic E-state index is 0.900. The lowest BCUT2D eigenvalue weighted by Crippen LogP contribution is -1.94. The smallest absolute Gasteiger partial charge is 0.133 e. The van der Waals surface area contributed by atoms with E-state index in [1.54, 1.807) is 6.26 Å². The normalized spacial score (nSPS) is 11.2. The van der Waals surface area contributed by atoms with E-state index in [0.29, 0.717) is 0 Å². The number of anilines is 2. The van der Waals surface area contributed by atoms with E-state index in [4.69, 9.17) is 4.42 Å². The number of benzene rings is 6. The summed E-state index contributed by atoms with van der Waals surface area (Å²) in [6.07, 6.45) is 1.74. The molecule has 0 bridgehead atoms. The molecule has 0 radical (unpaired) electrons. The molecule has 7 aromatic rings. The van der Waals surface area contributed by atoms with Crippen molar-refractivity contribution in [2.75, 3.05) is 5.32 Å². The Labute approximate surface area is 221 Å². The molecule has 1 aromatic heterocycles. The van der Waals surface area contributed by atoms with E-state index < -0.39 is 0 Å². The number of rotatable bonds is 5. The van der Waals surface area contributed by atoms with Gasteiger partial charge in [-0.15, -0.1) is 0 Å². The van der Waals surface area contributed by atoms with Gasteiger partial charge in [0, 0.05) is 22.3 Å². The van der Waals surface area contributed by atoms with Crippen molar-refractivity contribution >= 4 is 33.1 Å². The summed E-state index contributed by atoms with van der Waals surface area (Å²) >= 11 is 0. The second-order valence-corrected chi connectivity index (χ2v) is 9.50. The Balaban J connectivity index is 1.27. The molecule has 0 aliphatic carbocycles. The summed E-state index contributed by atoms with van der Waals surface area (Å²) in [4.78, 5) is 0. The molecule has 0 atom stereocenters. The van der Waals surface area contributed by atoms with Crippen molar-refractivity contribution in [1.82, 2.24) is 0 Å². The van der Waals surface area contributed by atoms with Crippen molar-refractivity contribution < 1.29 is 4.42 Å². The molecule has 1 heterocycles. The van der Waals surface area contributed by atoms with Crippen LogP contribution in [0, 0.1) is 0 Å². The van der Waals surface area contributed by atoms with E-state index in [-0.39, 0.29) is 0 Å². The third-order valence-electron chi connectivity index (χ3n) is 7.15. The van der Waals surface area contributed by atoms with Gasteiger partial charge in [-0.05, 0) is 75.0 Å². The van der Waals surface area contributed by atoms with Crippen LogP contribution in [0.4, 0.5) is 11.4 Å². The fourth-order valence-corrected chi connectivity index (χ4v) is 5.32. The predicted molar refractivity (Wildman–Crippen MR) is 160 cm³/mol. The van der Waals surface area contributed by atoms with Crippen LogP contribution < -0.4 is 5.32 Å². The van der Waals surface area contributed by atoms with Crippen molar-refractivity contribution in [3.63, 3.8) is 0 Å². The zero-order chi connectivity index (χ0) is 25.3. The lowest BCUT2D eigenvalue weighted by atomic mass is 9.92. The van der Waals surface area contributed by atoms with E-state index >= 15 is 0 Å². The average molecular weight is 488 g/mol. The highest BCUT2D eigenvalue weighted by atomic mass is 16.3. The Hall–Kier alpha value is -5.08. The minimum Gasteiger partial charge on any atom is -0.464 e. The van der Waals surface area contributed by atoms with Gasteiger partial charge >= 0.3 is 0 Å². The van der Waals surface area contributed by atoms with E-state index in [2.05, 4.69) is 133 Å². The fourth-order valence-electron chi connectivity index (χ4n) is 5.32. The molecule has 0 saturated carbocycles. The van der Waals surface area contributed by atoms with Crippen LogP contribution >= 0.6 is 0 Å². The average Bonchev–Trinajstić information content (AvgIpc) is 3.46. The largest absolute Gasteiger partial charge is 0.464 e. The highest BCUT2D eigenvalue weighted by molar-refractivity contribution is 6.05. The first kappa shape index (κ1) is 22.1. The molecule has 38 heavy (non-hydrogen) atoms. The quantitative estimate of drug-likeness (QED) is 0.261. The molecule has 7 rings (SSSR count). The maximum Gasteiger partial charge on any atom is 0.133 e. The number of fused-ring (bicyclic) bond motifs is 2. The number of hydrogen-bond acceptors (Lipinski definition) is 2. The lowest BCUT2D eigenvalue weighted by molar-refractivity contribution is 0.616. The zero-order valence-corrected chi connectivity index (χ0v) is 20.8. The van der Waals surface area contributed by atoms with Crippen LogP contribution in [0.15, 0.2) is 150 Å². The second-order valence-electron chi connectivity index (χ2n) is 9.50. The first-order valence-corrected chi connectivity index (χ1v) is 12.8. The topological polar surface area (TPSA) is 25.2 Å². The van der Waals surface area contributed by atoms with Gasteiger partial charge in [0.05, 0.1) is 6.26 Å². The van der Waals surface area contributed by atoms with Crippen molar-refractivity contribution in [3.05, 3.63) is 146 Å². The van der Waals surface area contributed by atoms with E-state index in [1.165, 1.54) is 33.0 Å². The summed E-state index contributed by atoms with van der Waals surface area (Å²) in [6, 6.07) is 49.2. The fraction of sp³-hybridized carbons (Fsp3) is 0. The summed E-state index contributed by atoms with van der Waals surface area (Å²) < 4.78 is 5.54. The van der Waals surface area contributed by atoms with Gasteiger partial charge < -0.3 is 9.73 Å². The molecular weight excluding hydrogens is 462 g/mol. The van der Waals surface area contributed by atoms with Crippen LogP contribution in [-0.2, 0) is 0 Å². The molecular formula is C36H25NO. The van der Waals surface area contributed by atoms with Crippen LogP contribution in [0.25, 0.3) is 55.1 Å². The first-order chi connectivity index (χ1) is 18.8. The summed E-state index contributed by atoms with van der Waals surface area (Å²) in [5.41, 5.74) is 10.2. The summed E-state index contributed by atoms with van der Waals surface area (Å²) in [7, 11) is 0. The molecule has 0 unspecified atom stereocenters. The van der Waals surface area contributed by atoms with E-state index in [0.717, 1.165) is 33.5 Å². The second kappa shape index (κ2) is 9.42. The molecule has 0 amide bonds. The van der Waals surface area contributed by atoms with Gasteiger partial charge in [0.15, 0.2) is 0 Å². The van der Waals surface area contributed by atoms with Crippen molar-refractivity contribution in [2.24, 2.45) is 0 Å². The maximum absolute atomic E-state index is 5.54. The maximum atomic E-state index is 5.54. The third-order valence-corrected chi connectivity index (χ3v) is 7.15. The lowest BCUT2D eigenvalue weighted by Gasteiger charge is -2.15. The molecule has 2 heteroatoms. The molecule has 0 saturated heterocycles. The zero-order valence-electron chi connectivity index (χ0n) is 20.8. The van der Waals surface area contributed by atoms with E-state index in [9.17, 15) is 0 Å². The van der Waals surface area contributed by atoms with Gasteiger partial charge in [0.25, 0.3) is 0 Å². The molecule has 180 valence electrons. The van der Waals surface area contributed by atoms with Crippen LogP contribution in [0.3, 0.4) is 0 Å². The van der Waals surface area contributed by atoms with Crippen molar-refractivity contribution in [3.8, 4) is 33.4 Å². The van der Waals surface area contributed by atoms with Gasteiger partial charge in [-0.2, -0.15) is 0 Å². The first-order valence-electron chi connectivity index (χ1n) is 12.8. The van der Waals surface area contributed by atoms with Gasteiger partial charge in [-0.3, -0.25) is 0 Å². The molecule has 0 spiro atoms. The van der Waals surface area contributed by atoms with Crippen LogP contribution in [0.1, 0.15) is 0 Å². The highest BCUT2D eigenvalue weighted by Crippen LogP contribution is 2.37. The predicted octanol–water partition coefficient (Wildman–Crippen LogP) is 10.3. The minimum atomic E-state index is 0.900. The van der Waals surface area contributed by atoms with Crippen molar-refractivity contribution in [2.45, 2.75) is 0 Å². The Kier molecular flexibility index (Phi) is 5.49. The van der Waals surface area contributed by atoms with E-state index in [1.807, 2.05) is 12.1 Å². The molecule has 1 N–H and O–H groups in total. The standard InChI is InChI=1S/C36H25NO/c1-2-9-25(10-3-1)30-18-19-31(34-15-5-4-14-33(30)34)26-11-8-12-29(24-26)37-35-16-7-6-13-32(35)27-17-20-36-28(23-27)21-22-38-36/h1-24,37H. The molecule has 0 aliphatic heterocycles. The number of nitrogens with one attached hydrogen (secondary N) is 1. The third kappa shape index (κ3) is 4.03. The van der Waals surface area contributed by atoms with Crippen LogP contribution in [-0.4, -0.2) is 0 Å². The molecule has 0 fully saturated rings. The summed E-state index contributed by atoms with van der Waals surface area (Å²) in [6.45, 7) is 0.